The molecule has 0 radical (unpaired) electrons. The maximum Gasteiger partial charge on any atom is 0.411 e. The van der Waals surface area contributed by atoms with Gasteiger partial charge in [-0.15, -0.1) is 0 Å². The van der Waals surface area contributed by atoms with E-state index in [-0.39, 0.29) is 6.09 Å². The SMILES string of the molecule is O=C(Nc1ccccc1-c1ccccc1)OCC1C2CN(Cc3ccccc3)CC12. The molecule has 0 aromatic heterocycles. The molecule has 3 aromatic rings. The van der Waals surface area contributed by atoms with Gasteiger partial charge in [-0.25, -0.2) is 4.79 Å². The highest BCUT2D eigenvalue weighted by molar-refractivity contribution is 5.91. The maximum atomic E-state index is 12.4. The standard InChI is InChI=1S/C26H26N2O2/c29-26(27-25-14-8-7-13-21(25)20-11-5-2-6-12-20)30-18-24-22-16-28(17-23(22)24)15-19-9-3-1-4-10-19/h1-14,22-24H,15-18H2,(H,27,29). The van der Waals surface area contributed by atoms with Gasteiger partial charge in [0.05, 0.1) is 12.3 Å². The minimum Gasteiger partial charge on any atom is -0.449 e. The molecule has 2 atom stereocenters. The molecule has 1 N–H and O–H groups in total. The molecule has 0 spiro atoms. The van der Waals surface area contributed by atoms with Crippen LogP contribution in [0.3, 0.4) is 0 Å². The van der Waals surface area contributed by atoms with Crippen LogP contribution >= 0.6 is 0 Å². The second-order valence-electron chi connectivity index (χ2n) is 8.31. The summed E-state index contributed by atoms with van der Waals surface area (Å²) in [6.07, 6.45) is -0.371. The van der Waals surface area contributed by atoms with Crippen molar-refractivity contribution in [2.75, 3.05) is 25.0 Å². The van der Waals surface area contributed by atoms with Crippen molar-refractivity contribution in [2.24, 2.45) is 17.8 Å². The van der Waals surface area contributed by atoms with Gasteiger partial charge in [0.1, 0.15) is 0 Å². The molecule has 1 aliphatic heterocycles. The number of nitrogens with zero attached hydrogens (tertiary/aromatic N) is 1. The fourth-order valence-electron chi connectivity index (χ4n) is 4.73. The number of carbonyl (C=O) groups excluding carboxylic acids is 1. The average Bonchev–Trinajstić information content (AvgIpc) is 3.24. The smallest absolute Gasteiger partial charge is 0.411 e. The Morgan fingerprint density at radius 1 is 0.867 bits per heavy atom. The molecule has 1 saturated heterocycles. The first-order chi connectivity index (χ1) is 14.8. The lowest BCUT2D eigenvalue weighted by molar-refractivity contribution is 0.145. The van der Waals surface area contributed by atoms with Crippen molar-refractivity contribution < 1.29 is 9.53 Å². The predicted octanol–water partition coefficient (Wildman–Crippen LogP) is 5.28. The van der Waals surface area contributed by atoms with Crippen molar-refractivity contribution in [3.05, 3.63) is 90.5 Å². The Balaban J connectivity index is 1.11. The number of para-hydroxylation sites is 1. The first kappa shape index (κ1) is 18.9. The normalized spacial score (nSPS) is 22.3. The summed E-state index contributed by atoms with van der Waals surface area (Å²) in [6.45, 7) is 3.73. The first-order valence-electron chi connectivity index (χ1n) is 10.6. The Labute approximate surface area is 177 Å². The molecule has 1 heterocycles. The van der Waals surface area contributed by atoms with Gasteiger partial charge in [0.15, 0.2) is 0 Å². The summed E-state index contributed by atoms with van der Waals surface area (Å²) >= 11 is 0. The largest absolute Gasteiger partial charge is 0.449 e. The summed E-state index contributed by atoms with van der Waals surface area (Å²) in [7, 11) is 0. The highest BCUT2D eigenvalue weighted by atomic mass is 16.5. The molecule has 152 valence electrons. The van der Waals surface area contributed by atoms with E-state index in [2.05, 4.69) is 40.5 Å². The van der Waals surface area contributed by atoms with Gasteiger partial charge in [-0.05, 0) is 29.0 Å². The van der Waals surface area contributed by atoms with Crippen molar-refractivity contribution in [1.82, 2.24) is 4.90 Å². The van der Waals surface area contributed by atoms with E-state index < -0.39 is 0 Å². The van der Waals surface area contributed by atoms with Crippen molar-refractivity contribution in [1.29, 1.82) is 0 Å². The van der Waals surface area contributed by atoms with Gasteiger partial charge >= 0.3 is 6.09 Å². The molecular formula is C26H26N2O2. The predicted molar refractivity (Wildman–Crippen MR) is 119 cm³/mol. The van der Waals surface area contributed by atoms with Crippen molar-refractivity contribution in [3.63, 3.8) is 0 Å². The van der Waals surface area contributed by atoms with Crippen LogP contribution in [-0.4, -0.2) is 30.7 Å². The molecule has 4 heteroatoms. The van der Waals surface area contributed by atoms with Gasteiger partial charge in [0, 0.05) is 31.1 Å². The average molecular weight is 399 g/mol. The summed E-state index contributed by atoms with van der Waals surface area (Å²) in [5.74, 6) is 1.84. The van der Waals surface area contributed by atoms with E-state index in [1.54, 1.807) is 0 Å². The van der Waals surface area contributed by atoms with Gasteiger partial charge in [-0.2, -0.15) is 0 Å². The number of likely N-dealkylation sites (tertiary alicyclic amines) is 1. The van der Waals surface area contributed by atoms with E-state index >= 15 is 0 Å². The molecule has 3 aromatic carbocycles. The summed E-state index contributed by atoms with van der Waals surface area (Å²) in [4.78, 5) is 14.9. The van der Waals surface area contributed by atoms with Crippen molar-refractivity contribution in [3.8, 4) is 11.1 Å². The topological polar surface area (TPSA) is 41.6 Å². The van der Waals surface area contributed by atoms with Gasteiger partial charge < -0.3 is 4.74 Å². The number of hydrogen-bond donors (Lipinski definition) is 1. The Morgan fingerprint density at radius 3 is 2.23 bits per heavy atom. The first-order valence-corrected chi connectivity index (χ1v) is 10.6. The molecular weight excluding hydrogens is 372 g/mol. The lowest BCUT2D eigenvalue weighted by atomic mass is 10.0. The Kier molecular flexibility index (Phi) is 5.24. The third kappa shape index (κ3) is 4.10. The van der Waals surface area contributed by atoms with Crippen LogP contribution < -0.4 is 5.32 Å². The highest BCUT2D eigenvalue weighted by Gasteiger charge is 2.55. The molecule has 5 rings (SSSR count). The second kappa shape index (κ2) is 8.33. The number of nitrogens with one attached hydrogen (secondary N) is 1. The molecule has 1 amide bonds. The number of hydrogen-bond acceptors (Lipinski definition) is 3. The zero-order chi connectivity index (χ0) is 20.3. The van der Waals surface area contributed by atoms with Gasteiger partial charge in [-0.1, -0.05) is 78.9 Å². The van der Waals surface area contributed by atoms with Crippen LogP contribution in [0, 0.1) is 17.8 Å². The fourth-order valence-corrected chi connectivity index (χ4v) is 4.73. The van der Waals surface area contributed by atoms with Crippen LogP contribution in [0.2, 0.25) is 0 Å². The minimum atomic E-state index is -0.371. The van der Waals surface area contributed by atoms with E-state index in [0.29, 0.717) is 24.4 Å². The summed E-state index contributed by atoms with van der Waals surface area (Å²) in [5.41, 5.74) is 4.21. The molecule has 1 aliphatic carbocycles. The number of ether oxygens (including phenoxy) is 1. The van der Waals surface area contributed by atoms with Crippen LogP contribution in [0.1, 0.15) is 5.56 Å². The number of piperidine rings is 1. The van der Waals surface area contributed by atoms with E-state index in [0.717, 1.165) is 36.4 Å². The Bertz CT molecular complexity index is 994. The van der Waals surface area contributed by atoms with Crippen molar-refractivity contribution in [2.45, 2.75) is 6.54 Å². The second-order valence-corrected chi connectivity index (χ2v) is 8.31. The number of carbonyl (C=O) groups is 1. The third-order valence-electron chi connectivity index (χ3n) is 6.35. The number of anilines is 1. The van der Waals surface area contributed by atoms with Crippen LogP contribution in [0.4, 0.5) is 10.5 Å². The van der Waals surface area contributed by atoms with E-state index in [1.807, 2.05) is 54.6 Å². The van der Waals surface area contributed by atoms with E-state index in [1.165, 1.54) is 5.56 Å². The van der Waals surface area contributed by atoms with Crippen LogP contribution in [0.25, 0.3) is 11.1 Å². The van der Waals surface area contributed by atoms with E-state index in [4.69, 9.17) is 4.74 Å². The number of benzene rings is 3. The fraction of sp³-hybridized carbons (Fsp3) is 0.269. The summed E-state index contributed by atoms with van der Waals surface area (Å²) in [5, 5.41) is 2.93. The molecule has 4 nitrogen and oxygen atoms in total. The highest BCUT2D eigenvalue weighted by Crippen LogP contribution is 2.52. The molecule has 1 saturated carbocycles. The Morgan fingerprint density at radius 2 is 1.50 bits per heavy atom. The zero-order valence-electron chi connectivity index (χ0n) is 16.9. The van der Waals surface area contributed by atoms with Gasteiger partial charge in [0.2, 0.25) is 0 Å². The minimum absolute atomic E-state index is 0.371. The van der Waals surface area contributed by atoms with Crippen molar-refractivity contribution >= 4 is 11.8 Å². The quantitative estimate of drug-likeness (QED) is 0.614. The number of rotatable bonds is 6. The van der Waals surface area contributed by atoms with E-state index in [9.17, 15) is 4.79 Å². The number of amides is 1. The summed E-state index contributed by atoms with van der Waals surface area (Å²) < 4.78 is 5.58. The monoisotopic (exact) mass is 398 g/mol. The maximum absolute atomic E-state index is 12.4. The van der Waals surface area contributed by atoms with Gasteiger partial charge in [-0.3, -0.25) is 10.2 Å². The molecule has 2 aliphatic rings. The molecule has 0 bridgehead atoms. The van der Waals surface area contributed by atoms with Crippen LogP contribution in [0.15, 0.2) is 84.9 Å². The third-order valence-corrected chi connectivity index (χ3v) is 6.35. The van der Waals surface area contributed by atoms with Crippen LogP contribution in [-0.2, 0) is 11.3 Å². The zero-order valence-corrected chi connectivity index (χ0v) is 16.9. The number of fused-ring (bicyclic) bond motifs is 1. The molecule has 2 unspecified atom stereocenters. The molecule has 2 fully saturated rings. The lowest BCUT2D eigenvalue weighted by Gasteiger charge is -2.19. The Hall–Kier alpha value is -3.11. The van der Waals surface area contributed by atoms with Crippen LogP contribution in [0.5, 0.6) is 0 Å². The lowest BCUT2D eigenvalue weighted by Crippen LogP contribution is -2.25. The molecule has 30 heavy (non-hydrogen) atoms. The summed E-state index contributed by atoms with van der Waals surface area (Å²) in [6, 6.07) is 28.5. The van der Waals surface area contributed by atoms with Gasteiger partial charge in [0.25, 0.3) is 0 Å².